The lowest BCUT2D eigenvalue weighted by atomic mass is 10.0. The molecule has 0 aliphatic heterocycles. The number of non-ortho nitro benzene ring substituents is 1. The van der Waals surface area contributed by atoms with Crippen LogP contribution in [0.15, 0.2) is 64.6 Å². The molecule has 1 N–H and O–H groups in total. The van der Waals surface area contributed by atoms with Crippen molar-refractivity contribution in [3.8, 4) is 11.1 Å². The summed E-state index contributed by atoms with van der Waals surface area (Å²) in [7, 11) is -4.03. The van der Waals surface area contributed by atoms with Crippen LogP contribution in [-0.4, -0.2) is 30.9 Å². The number of hydrogen-bond donors (Lipinski definition) is 1. The van der Waals surface area contributed by atoms with Gasteiger partial charge in [-0.15, -0.1) is 0 Å². The summed E-state index contributed by atoms with van der Waals surface area (Å²) in [4.78, 5) is 25.7. The fourth-order valence-electron chi connectivity index (χ4n) is 2.88. The standard InChI is InChI=1S/C20H18N2O6S/c1-3-28-20(23)17-12-21-19(29(26,27)16-9-7-13(2)8-10-16)18(17)14-5-4-6-15(11-14)22(24)25/h4-12,21H,3H2,1-2H3. The molecule has 0 amide bonds. The Morgan fingerprint density at radius 2 is 1.86 bits per heavy atom. The first-order valence-electron chi connectivity index (χ1n) is 8.70. The molecule has 0 saturated carbocycles. The number of H-pyrrole nitrogens is 1. The zero-order chi connectivity index (χ0) is 21.2. The van der Waals surface area contributed by atoms with E-state index in [-0.39, 0.29) is 38.9 Å². The first-order chi connectivity index (χ1) is 13.8. The molecule has 8 nitrogen and oxygen atoms in total. The molecule has 2 aromatic carbocycles. The number of carbonyl (C=O) groups is 1. The molecule has 3 aromatic rings. The predicted octanol–water partition coefficient (Wildman–Crippen LogP) is 3.91. The number of sulfone groups is 1. The van der Waals surface area contributed by atoms with Gasteiger partial charge in [-0.25, -0.2) is 13.2 Å². The van der Waals surface area contributed by atoms with Crippen LogP contribution in [0.4, 0.5) is 5.69 Å². The van der Waals surface area contributed by atoms with Crippen LogP contribution in [0.3, 0.4) is 0 Å². The van der Waals surface area contributed by atoms with E-state index in [0.29, 0.717) is 0 Å². The van der Waals surface area contributed by atoms with Crippen LogP contribution in [0.5, 0.6) is 0 Å². The largest absolute Gasteiger partial charge is 0.462 e. The molecule has 0 saturated heterocycles. The Kier molecular flexibility index (Phi) is 5.51. The number of esters is 1. The molecule has 0 aliphatic rings. The number of aromatic nitrogens is 1. The molecule has 0 spiro atoms. The normalized spacial score (nSPS) is 11.2. The fraction of sp³-hybridized carbons (Fsp3) is 0.150. The van der Waals surface area contributed by atoms with Gasteiger partial charge in [0.1, 0.15) is 5.03 Å². The molecule has 0 radical (unpaired) electrons. The van der Waals surface area contributed by atoms with Crippen molar-refractivity contribution in [1.29, 1.82) is 0 Å². The van der Waals surface area contributed by atoms with E-state index in [0.717, 1.165) is 5.56 Å². The second-order valence-corrected chi connectivity index (χ2v) is 8.14. The lowest BCUT2D eigenvalue weighted by molar-refractivity contribution is -0.384. The van der Waals surface area contributed by atoms with Crippen LogP contribution in [0.2, 0.25) is 0 Å². The predicted molar refractivity (Wildman–Crippen MR) is 105 cm³/mol. The molecule has 0 unspecified atom stereocenters. The summed E-state index contributed by atoms with van der Waals surface area (Å²) in [5.41, 5.74) is 0.902. The number of nitro benzene ring substituents is 1. The third-order valence-corrected chi connectivity index (χ3v) is 6.04. The lowest BCUT2D eigenvalue weighted by Gasteiger charge is -2.09. The molecule has 0 atom stereocenters. The Labute approximate surface area is 167 Å². The summed E-state index contributed by atoms with van der Waals surface area (Å²) in [6, 6.07) is 11.7. The van der Waals surface area contributed by atoms with Crippen molar-refractivity contribution in [2.45, 2.75) is 23.8 Å². The number of aryl methyl sites for hydroxylation is 1. The van der Waals surface area contributed by atoms with E-state index in [2.05, 4.69) is 4.98 Å². The smallest absolute Gasteiger partial charge is 0.340 e. The van der Waals surface area contributed by atoms with Crippen molar-refractivity contribution in [3.05, 3.63) is 76.0 Å². The Morgan fingerprint density at radius 3 is 2.48 bits per heavy atom. The van der Waals surface area contributed by atoms with Crippen LogP contribution in [0, 0.1) is 17.0 Å². The summed E-state index contributed by atoms with van der Waals surface area (Å²) in [6.45, 7) is 3.55. The number of benzene rings is 2. The molecule has 29 heavy (non-hydrogen) atoms. The summed E-state index contributed by atoms with van der Waals surface area (Å²) in [6.07, 6.45) is 1.24. The Bertz CT molecular complexity index is 1180. The number of aromatic amines is 1. The molecular weight excluding hydrogens is 396 g/mol. The highest BCUT2D eigenvalue weighted by Crippen LogP contribution is 2.35. The first kappa shape index (κ1) is 20.3. The van der Waals surface area contributed by atoms with Crippen LogP contribution >= 0.6 is 0 Å². The van der Waals surface area contributed by atoms with Crippen molar-refractivity contribution < 1.29 is 22.9 Å². The van der Waals surface area contributed by atoms with Crippen LogP contribution in [-0.2, 0) is 14.6 Å². The highest BCUT2D eigenvalue weighted by molar-refractivity contribution is 7.91. The van der Waals surface area contributed by atoms with Gasteiger partial charge in [-0.05, 0) is 31.5 Å². The van der Waals surface area contributed by atoms with E-state index in [1.54, 1.807) is 19.1 Å². The van der Waals surface area contributed by atoms with Crippen molar-refractivity contribution in [1.82, 2.24) is 4.98 Å². The number of carbonyl (C=O) groups excluding carboxylic acids is 1. The van der Waals surface area contributed by atoms with Gasteiger partial charge in [0.15, 0.2) is 0 Å². The van der Waals surface area contributed by atoms with Gasteiger partial charge in [0.05, 0.1) is 22.0 Å². The van der Waals surface area contributed by atoms with E-state index in [1.807, 2.05) is 6.92 Å². The Morgan fingerprint density at radius 1 is 1.17 bits per heavy atom. The second-order valence-electron chi connectivity index (χ2n) is 6.25. The highest BCUT2D eigenvalue weighted by Gasteiger charge is 2.29. The van der Waals surface area contributed by atoms with Gasteiger partial charge < -0.3 is 9.72 Å². The highest BCUT2D eigenvalue weighted by atomic mass is 32.2. The van der Waals surface area contributed by atoms with Crippen LogP contribution in [0.25, 0.3) is 11.1 Å². The summed E-state index contributed by atoms with van der Waals surface area (Å²) >= 11 is 0. The Balaban J connectivity index is 2.26. The fourth-order valence-corrected chi connectivity index (χ4v) is 4.32. The van der Waals surface area contributed by atoms with E-state index in [4.69, 9.17) is 4.74 Å². The van der Waals surface area contributed by atoms with Gasteiger partial charge in [-0.1, -0.05) is 29.8 Å². The van der Waals surface area contributed by atoms with Crippen LogP contribution < -0.4 is 0 Å². The quantitative estimate of drug-likeness (QED) is 0.371. The maximum absolute atomic E-state index is 13.2. The molecule has 0 bridgehead atoms. The van der Waals surface area contributed by atoms with Crippen molar-refractivity contribution >= 4 is 21.5 Å². The molecule has 1 aromatic heterocycles. The number of nitro groups is 1. The molecule has 150 valence electrons. The Hall–Kier alpha value is -3.46. The number of rotatable bonds is 6. The van der Waals surface area contributed by atoms with Gasteiger partial charge in [0, 0.05) is 23.9 Å². The van der Waals surface area contributed by atoms with Gasteiger partial charge in [-0.2, -0.15) is 0 Å². The maximum Gasteiger partial charge on any atom is 0.340 e. The number of ether oxygens (including phenoxy) is 1. The summed E-state index contributed by atoms with van der Waals surface area (Å²) in [5.74, 6) is -0.726. The number of hydrogen-bond acceptors (Lipinski definition) is 6. The van der Waals surface area contributed by atoms with Crippen molar-refractivity contribution in [2.75, 3.05) is 6.61 Å². The maximum atomic E-state index is 13.2. The zero-order valence-electron chi connectivity index (χ0n) is 15.7. The van der Waals surface area contributed by atoms with E-state index in [9.17, 15) is 23.3 Å². The van der Waals surface area contributed by atoms with E-state index < -0.39 is 20.7 Å². The third kappa shape index (κ3) is 3.90. The molecule has 9 heteroatoms. The lowest BCUT2D eigenvalue weighted by Crippen LogP contribution is -2.08. The molecule has 1 heterocycles. The first-order valence-corrected chi connectivity index (χ1v) is 10.2. The van der Waals surface area contributed by atoms with E-state index >= 15 is 0 Å². The minimum absolute atomic E-state index is 0.0157. The number of nitrogens with zero attached hydrogens (tertiary/aromatic N) is 1. The molecule has 0 aliphatic carbocycles. The minimum Gasteiger partial charge on any atom is -0.462 e. The monoisotopic (exact) mass is 414 g/mol. The van der Waals surface area contributed by atoms with Gasteiger partial charge in [-0.3, -0.25) is 10.1 Å². The molecule has 0 fully saturated rings. The SMILES string of the molecule is CCOC(=O)c1c[nH]c(S(=O)(=O)c2ccc(C)cc2)c1-c1cccc([N+](=O)[O-])c1. The van der Waals surface area contributed by atoms with E-state index in [1.165, 1.54) is 42.6 Å². The second kappa shape index (κ2) is 7.88. The zero-order valence-corrected chi connectivity index (χ0v) is 16.5. The van der Waals surface area contributed by atoms with Gasteiger partial charge in [0.25, 0.3) is 5.69 Å². The van der Waals surface area contributed by atoms with Crippen molar-refractivity contribution in [2.24, 2.45) is 0 Å². The summed E-state index contributed by atoms with van der Waals surface area (Å²) < 4.78 is 31.5. The topological polar surface area (TPSA) is 119 Å². The number of nitrogens with one attached hydrogen (secondary N) is 1. The molecule has 3 rings (SSSR count). The van der Waals surface area contributed by atoms with Crippen molar-refractivity contribution in [3.63, 3.8) is 0 Å². The van der Waals surface area contributed by atoms with Crippen LogP contribution in [0.1, 0.15) is 22.8 Å². The average Bonchev–Trinajstić information content (AvgIpc) is 3.15. The van der Waals surface area contributed by atoms with Gasteiger partial charge >= 0.3 is 5.97 Å². The van der Waals surface area contributed by atoms with Gasteiger partial charge in [0.2, 0.25) is 9.84 Å². The summed E-state index contributed by atoms with van der Waals surface area (Å²) in [5, 5.41) is 10.9. The molecular formula is C20H18N2O6S. The average molecular weight is 414 g/mol. The minimum atomic E-state index is -4.03. The third-order valence-electron chi connectivity index (χ3n) is 4.29.